The van der Waals surface area contributed by atoms with Crippen molar-refractivity contribution in [3.63, 3.8) is 0 Å². The molecule has 0 saturated heterocycles. The van der Waals surface area contributed by atoms with Gasteiger partial charge in [-0.1, -0.05) is 104 Å². The molecule has 0 radical (unpaired) electrons. The van der Waals surface area contributed by atoms with Crippen molar-refractivity contribution in [1.82, 2.24) is 4.98 Å². The molecule has 0 saturated carbocycles. The van der Waals surface area contributed by atoms with E-state index in [1.54, 1.807) is 0 Å². The molecule has 1 heteroatoms. The number of benzene rings is 5. The Kier molecular flexibility index (Phi) is 4.17. The van der Waals surface area contributed by atoms with Crippen molar-refractivity contribution < 1.29 is 0 Å². The maximum atomic E-state index is 3.83. The first kappa shape index (κ1) is 20.3. The number of aromatic amines is 1. The third-order valence-corrected chi connectivity index (χ3v) is 7.83. The molecule has 1 N–H and O–H groups in total. The Morgan fingerprint density at radius 3 is 2.20 bits per heavy atom. The molecule has 7 rings (SSSR count). The Morgan fingerprint density at radius 1 is 0.600 bits per heavy atom. The summed E-state index contributed by atoms with van der Waals surface area (Å²) in [5.41, 5.74) is 14.3. The summed E-state index contributed by atoms with van der Waals surface area (Å²) >= 11 is 0. The van der Waals surface area contributed by atoms with Gasteiger partial charge in [-0.25, -0.2) is 0 Å². The van der Waals surface area contributed by atoms with Crippen molar-refractivity contribution in [2.24, 2.45) is 0 Å². The Morgan fingerprint density at radius 2 is 1.37 bits per heavy atom. The largest absolute Gasteiger partial charge is 0.354 e. The number of hydrogen-bond donors (Lipinski definition) is 1. The van der Waals surface area contributed by atoms with E-state index >= 15 is 0 Å². The summed E-state index contributed by atoms with van der Waals surface area (Å²) in [6.45, 7) is 6.93. The third kappa shape index (κ3) is 2.88. The molecule has 1 nitrogen and oxygen atoms in total. The van der Waals surface area contributed by atoms with E-state index in [1.807, 2.05) is 0 Å². The van der Waals surface area contributed by atoms with Crippen LogP contribution in [0.25, 0.3) is 55.2 Å². The molecular formula is C34H27N. The highest BCUT2D eigenvalue weighted by atomic mass is 14.7. The molecule has 0 atom stereocenters. The lowest BCUT2D eigenvalue weighted by Crippen LogP contribution is -2.16. The number of aryl methyl sites for hydroxylation is 1. The predicted molar refractivity (Wildman–Crippen MR) is 149 cm³/mol. The molecule has 5 aromatic carbocycles. The highest BCUT2D eigenvalue weighted by Crippen LogP contribution is 2.55. The van der Waals surface area contributed by atoms with E-state index in [2.05, 4.69) is 129 Å². The molecule has 0 aliphatic heterocycles. The van der Waals surface area contributed by atoms with Crippen molar-refractivity contribution in [2.75, 3.05) is 0 Å². The van der Waals surface area contributed by atoms with Crippen molar-refractivity contribution in [3.05, 3.63) is 120 Å². The first-order valence-corrected chi connectivity index (χ1v) is 12.4. The number of fused-ring (bicyclic) bond motifs is 7. The minimum absolute atomic E-state index is 0.0777. The van der Waals surface area contributed by atoms with Crippen LogP contribution in [-0.2, 0) is 5.41 Å². The number of nitrogens with one attached hydrogen (secondary N) is 1. The van der Waals surface area contributed by atoms with E-state index in [0.717, 1.165) is 0 Å². The number of aromatic nitrogens is 1. The SMILES string of the molecule is Cc1cccc(-c2cc3c([nH]c4ccc(-c5ccccc5)cc43)c3c2C(C)(C)c2ccccc2-3)c1. The molecule has 168 valence electrons. The Hall–Kier alpha value is -4.10. The number of rotatable bonds is 2. The molecule has 1 heterocycles. The predicted octanol–water partition coefficient (Wildman–Crippen LogP) is 9.27. The van der Waals surface area contributed by atoms with Crippen LogP contribution < -0.4 is 0 Å². The minimum atomic E-state index is -0.0777. The topological polar surface area (TPSA) is 15.8 Å². The molecule has 1 aliphatic carbocycles. The second kappa shape index (κ2) is 7.20. The Labute approximate surface area is 206 Å². The smallest absolute Gasteiger partial charge is 0.0548 e. The first-order chi connectivity index (χ1) is 17.0. The van der Waals surface area contributed by atoms with Crippen LogP contribution in [0.5, 0.6) is 0 Å². The average Bonchev–Trinajstić information content (AvgIpc) is 3.36. The maximum absolute atomic E-state index is 3.83. The summed E-state index contributed by atoms with van der Waals surface area (Å²) in [4.78, 5) is 3.83. The maximum Gasteiger partial charge on any atom is 0.0548 e. The lowest BCUT2D eigenvalue weighted by atomic mass is 9.78. The van der Waals surface area contributed by atoms with E-state index < -0.39 is 0 Å². The van der Waals surface area contributed by atoms with E-state index in [0.29, 0.717) is 0 Å². The molecular weight excluding hydrogens is 422 g/mol. The second-order valence-electron chi connectivity index (χ2n) is 10.4. The minimum Gasteiger partial charge on any atom is -0.354 e. The lowest BCUT2D eigenvalue weighted by molar-refractivity contribution is 0.662. The van der Waals surface area contributed by atoms with Crippen LogP contribution in [0.4, 0.5) is 0 Å². The van der Waals surface area contributed by atoms with Gasteiger partial charge in [-0.2, -0.15) is 0 Å². The first-order valence-electron chi connectivity index (χ1n) is 12.4. The van der Waals surface area contributed by atoms with Gasteiger partial charge in [-0.15, -0.1) is 0 Å². The van der Waals surface area contributed by atoms with Gasteiger partial charge in [0.25, 0.3) is 0 Å². The van der Waals surface area contributed by atoms with Crippen molar-refractivity contribution in [2.45, 2.75) is 26.2 Å². The molecule has 0 fully saturated rings. The molecule has 0 spiro atoms. The van der Waals surface area contributed by atoms with Gasteiger partial charge in [-0.05, 0) is 64.1 Å². The standard InChI is InChI=1S/C34H27N/c1-21-10-9-13-24(18-21)26-20-28-27-19-23(22-11-5-4-6-12-22)16-17-30(27)35-33(28)31-25-14-7-8-15-29(25)34(2,3)32(26)31/h4-20,35H,1-3H3. The van der Waals surface area contributed by atoms with E-state index in [4.69, 9.17) is 0 Å². The van der Waals surface area contributed by atoms with Crippen LogP contribution in [-0.4, -0.2) is 4.98 Å². The molecule has 0 bridgehead atoms. The highest BCUT2D eigenvalue weighted by Gasteiger charge is 2.39. The van der Waals surface area contributed by atoms with Gasteiger partial charge in [0.1, 0.15) is 0 Å². The summed E-state index contributed by atoms with van der Waals surface area (Å²) in [7, 11) is 0. The van der Waals surface area contributed by atoms with Crippen molar-refractivity contribution >= 4 is 21.8 Å². The van der Waals surface area contributed by atoms with Gasteiger partial charge in [-0.3, -0.25) is 0 Å². The van der Waals surface area contributed by atoms with Crippen LogP contribution >= 0.6 is 0 Å². The van der Waals surface area contributed by atoms with Gasteiger partial charge in [0.15, 0.2) is 0 Å². The molecule has 0 amide bonds. The summed E-state index contributed by atoms with van der Waals surface area (Å²) in [5.74, 6) is 0. The van der Waals surface area contributed by atoms with Crippen molar-refractivity contribution in [1.29, 1.82) is 0 Å². The van der Waals surface area contributed by atoms with Crippen LogP contribution in [0.3, 0.4) is 0 Å². The number of hydrogen-bond acceptors (Lipinski definition) is 0. The normalized spacial score (nSPS) is 13.8. The average molecular weight is 450 g/mol. The fourth-order valence-corrected chi connectivity index (χ4v) is 6.19. The molecule has 35 heavy (non-hydrogen) atoms. The quantitative estimate of drug-likeness (QED) is 0.271. The van der Waals surface area contributed by atoms with E-state index in [9.17, 15) is 0 Å². The lowest BCUT2D eigenvalue weighted by Gasteiger charge is -2.25. The molecule has 0 unspecified atom stereocenters. The summed E-state index contributed by atoms with van der Waals surface area (Å²) in [5, 5.41) is 2.57. The fraction of sp³-hybridized carbons (Fsp3) is 0.118. The van der Waals surface area contributed by atoms with Gasteiger partial charge < -0.3 is 4.98 Å². The molecule has 1 aliphatic rings. The van der Waals surface area contributed by atoms with Crippen molar-refractivity contribution in [3.8, 4) is 33.4 Å². The summed E-state index contributed by atoms with van der Waals surface area (Å²) in [6, 6.07) is 37.8. The van der Waals surface area contributed by atoms with Gasteiger partial charge in [0, 0.05) is 27.3 Å². The third-order valence-electron chi connectivity index (χ3n) is 7.83. The van der Waals surface area contributed by atoms with Gasteiger partial charge in [0.2, 0.25) is 0 Å². The zero-order chi connectivity index (χ0) is 23.7. The van der Waals surface area contributed by atoms with Crippen LogP contribution in [0, 0.1) is 6.92 Å². The monoisotopic (exact) mass is 449 g/mol. The Bertz CT molecular complexity index is 1770. The number of H-pyrrole nitrogens is 1. The summed E-state index contributed by atoms with van der Waals surface area (Å²) < 4.78 is 0. The zero-order valence-corrected chi connectivity index (χ0v) is 20.3. The van der Waals surface area contributed by atoms with Gasteiger partial charge in [0.05, 0.1) is 5.52 Å². The molecule has 6 aromatic rings. The van der Waals surface area contributed by atoms with E-state index in [1.165, 1.54) is 71.9 Å². The zero-order valence-electron chi connectivity index (χ0n) is 20.3. The van der Waals surface area contributed by atoms with E-state index in [-0.39, 0.29) is 5.41 Å². The highest BCUT2D eigenvalue weighted by molar-refractivity contribution is 6.16. The molecule has 1 aromatic heterocycles. The van der Waals surface area contributed by atoms with Crippen LogP contribution in [0.15, 0.2) is 103 Å². The second-order valence-corrected chi connectivity index (χ2v) is 10.4. The van der Waals surface area contributed by atoms with Crippen LogP contribution in [0.2, 0.25) is 0 Å². The summed E-state index contributed by atoms with van der Waals surface area (Å²) in [6.07, 6.45) is 0. The van der Waals surface area contributed by atoms with Crippen LogP contribution in [0.1, 0.15) is 30.5 Å². The van der Waals surface area contributed by atoms with Gasteiger partial charge >= 0.3 is 0 Å². The fourth-order valence-electron chi connectivity index (χ4n) is 6.19. The Balaban J connectivity index is 1.63.